The Labute approximate surface area is 442 Å². The molecule has 4 heterocycles. The van der Waals surface area contributed by atoms with Crippen molar-refractivity contribution < 1.29 is 51.0 Å². The molecule has 2 aliphatic heterocycles. The summed E-state index contributed by atoms with van der Waals surface area (Å²) in [5.41, 5.74) is -0.527. The second-order valence-electron chi connectivity index (χ2n) is 19.7. The van der Waals surface area contributed by atoms with Gasteiger partial charge in [0.05, 0.1) is 62.6 Å². The third-order valence-corrected chi connectivity index (χ3v) is 14.4. The zero-order valence-corrected chi connectivity index (χ0v) is 43.2. The van der Waals surface area contributed by atoms with E-state index in [2.05, 4.69) is 25.9 Å². The molecule has 15 nitrogen and oxygen atoms in total. The number of pyridine rings is 1. The summed E-state index contributed by atoms with van der Waals surface area (Å²) in [6, 6.07) is 21.1. The van der Waals surface area contributed by atoms with Crippen LogP contribution >= 0.6 is 23.6 Å². The summed E-state index contributed by atoms with van der Waals surface area (Å²) in [6.07, 6.45) is -4.90. The van der Waals surface area contributed by atoms with Crippen molar-refractivity contribution in [3.63, 3.8) is 0 Å². The smallest absolute Gasteiger partial charge is 0.391 e. The van der Waals surface area contributed by atoms with Gasteiger partial charge in [-0.2, -0.15) is 18.4 Å². The van der Waals surface area contributed by atoms with Crippen molar-refractivity contribution in [3.05, 3.63) is 148 Å². The predicted molar refractivity (Wildman–Crippen MR) is 278 cm³/mol. The highest BCUT2D eigenvalue weighted by Crippen LogP contribution is 2.42. The van der Waals surface area contributed by atoms with E-state index in [1.807, 2.05) is 31.2 Å². The van der Waals surface area contributed by atoms with E-state index >= 15 is 8.78 Å². The molecule has 0 bridgehead atoms. The van der Waals surface area contributed by atoms with Gasteiger partial charge in [0, 0.05) is 36.3 Å². The number of nitrogens with zero attached hydrogens (tertiary/aromatic N) is 6. The van der Waals surface area contributed by atoms with Crippen LogP contribution in [0.5, 0.6) is 0 Å². The van der Waals surface area contributed by atoms with Crippen LogP contribution in [-0.2, 0) is 27.1 Å². The third-order valence-electron chi connectivity index (χ3n) is 13.0. The number of benzene rings is 4. The number of hydrogen-bond donors (Lipinski definition) is 4. The number of carbonyl (C=O) groups is 5. The van der Waals surface area contributed by atoms with Gasteiger partial charge in [0.25, 0.3) is 17.7 Å². The number of nitriles is 1. The second-order valence-corrected chi connectivity index (χ2v) is 20.9. The molecule has 2 aliphatic rings. The monoisotopic (exact) mass is 1080 g/mol. The molecule has 2 aromatic heterocycles. The number of β-amino-alcohol motifs (C(OH)–C–C–N with tert-alkyl or cyclic N) is 1. The molecule has 392 valence electrons. The van der Waals surface area contributed by atoms with Crippen molar-refractivity contribution in [2.75, 3.05) is 21.7 Å². The number of aliphatic hydroxyl groups is 1. The second kappa shape index (κ2) is 21.0. The number of aliphatic hydroxyl groups excluding tert-OH is 1. The summed E-state index contributed by atoms with van der Waals surface area (Å²) in [5, 5.41) is 27.7. The van der Waals surface area contributed by atoms with Gasteiger partial charge < -0.3 is 30.9 Å². The van der Waals surface area contributed by atoms with Crippen molar-refractivity contribution in [1.29, 1.82) is 5.26 Å². The fourth-order valence-electron chi connectivity index (χ4n) is 9.00. The fraction of sp³-hybridized carbons (Fsp3) is 0.278. The average molecular weight is 1080 g/mol. The number of rotatable bonds is 12. The molecular weight excluding hydrogens is 1030 g/mol. The number of aryl methyl sites for hydroxylation is 1. The SMILES string of the molecule is Cc1ncsc1-c1ccc(CNC(=O)[C@@H]2C[C@@H](O)CN2C(=O)[C@@H](NC(=O)c2ccc(C(=O)Nc3ccc(-c4ccc(N5C(=S)N(c6ccc(C#N)c(C(F)(F)F)c6F)C(=O)C5(C)C)cn4)cc3)cc2F)C(C)(C)C)cc1. The lowest BCUT2D eigenvalue weighted by atomic mass is 9.85. The highest BCUT2D eigenvalue weighted by molar-refractivity contribution is 7.81. The number of halogens is 5. The molecule has 76 heavy (non-hydrogen) atoms. The largest absolute Gasteiger partial charge is 0.420 e. The normalized spacial score (nSPS) is 16.9. The van der Waals surface area contributed by atoms with E-state index < -0.39 is 98.9 Å². The van der Waals surface area contributed by atoms with Crippen molar-refractivity contribution in [3.8, 4) is 27.8 Å². The van der Waals surface area contributed by atoms with Gasteiger partial charge in [0.15, 0.2) is 10.9 Å². The summed E-state index contributed by atoms with van der Waals surface area (Å²) in [7, 11) is 0. The van der Waals surface area contributed by atoms with Gasteiger partial charge in [-0.1, -0.05) is 57.2 Å². The molecule has 8 rings (SSSR count). The third kappa shape index (κ3) is 10.8. The number of aromatic nitrogens is 2. The van der Waals surface area contributed by atoms with Gasteiger partial charge >= 0.3 is 6.18 Å². The standard InChI is InChI=1S/C54H48F5N9O6S2/c1-28-44(76-27-63-28)31-9-7-29(8-10-31)24-62-48(72)41-22-36(69)26-66(41)49(73)45(52(2,3)4)65-47(71)37-18-13-32(21-38(37)55)46(70)64-34-15-11-30(12-16-34)39-19-17-35(25-61-39)68-51(75)67(50(74)53(68,5)6)40-20-14-33(23-60)42(43(40)56)54(57,58)59/h7-21,25,27,36,41,45,69H,22,24,26H2,1-6H3,(H,62,72)(H,64,70)(H,65,71)/t36-,41+,45-/m1/s1. The minimum atomic E-state index is -5.23. The average Bonchev–Trinajstić information content (AvgIpc) is 4.08. The molecule has 0 radical (unpaired) electrons. The first-order valence-electron chi connectivity index (χ1n) is 23.5. The molecule has 22 heteroatoms. The Morgan fingerprint density at radius 3 is 2.21 bits per heavy atom. The van der Waals surface area contributed by atoms with Crippen LogP contribution in [0.25, 0.3) is 21.7 Å². The molecule has 0 unspecified atom stereocenters. The lowest BCUT2D eigenvalue weighted by molar-refractivity contribution is -0.142. The lowest BCUT2D eigenvalue weighted by Crippen LogP contribution is -2.57. The Kier molecular flexibility index (Phi) is 15.0. The van der Waals surface area contributed by atoms with Crippen molar-refractivity contribution in [2.45, 2.75) is 84.4 Å². The van der Waals surface area contributed by atoms with Crippen molar-refractivity contribution >= 4 is 75.3 Å². The number of amides is 5. The first kappa shape index (κ1) is 54.3. The van der Waals surface area contributed by atoms with Crippen LogP contribution < -0.4 is 25.8 Å². The number of anilines is 3. The van der Waals surface area contributed by atoms with E-state index in [-0.39, 0.29) is 35.9 Å². The van der Waals surface area contributed by atoms with E-state index in [4.69, 9.17) is 12.2 Å². The van der Waals surface area contributed by atoms with Crippen molar-refractivity contribution in [2.24, 2.45) is 5.41 Å². The number of thiocarbonyl (C=S) groups is 1. The number of likely N-dealkylation sites (tertiary alicyclic amines) is 1. The Balaban J connectivity index is 0.889. The van der Waals surface area contributed by atoms with Gasteiger partial charge in [0.1, 0.15) is 29.0 Å². The maximum atomic E-state index is 15.7. The van der Waals surface area contributed by atoms with Crippen LogP contribution in [-0.4, -0.2) is 84.9 Å². The number of alkyl halides is 3. The van der Waals surface area contributed by atoms with Gasteiger partial charge in [0.2, 0.25) is 11.8 Å². The molecule has 4 aromatic carbocycles. The Hall–Kier alpha value is -8.00. The van der Waals surface area contributed by atoms with Crippen LogP contribution in [0.3, 0.4) is 0 Å². The zero-order valence-electron chi connectivity index (χ0n) is 41.5. The predicted octanol–water partition coefficient (Wildman–Crippen LogP) is 8.94. The van der Waals surface area contributed by atoms with Crippen LogP contribution in [0.1, 0.15) is 84.1 Å². The highest BCUT2D eigenvalue weighted by atomic mass is 32.1. The summed E-state index contributed by atoms with van der Waals surface area (Å²) in [6.45, 7) is 9.91. The van der Waals surface area contributed by atoms with Crippen LogP contribution in [0.15, 0.2) is 103 Å². The zero-order chi connectivity index (χ0) is 55.2. The Morgan fingerprint density at radius 1 is 0.934 bits per heavy atom. The summed E-state index contributed by atoms with van der Waals surface area (Å²) in [4.78, 5) is 81.4. The number of carbonyl (C=O) groups excluding carboxylic acids is 5. The molecular formula is C54H48F5N9O6S2. The summed E-state index contributed by atoms with van der Waals surface area (Å²) in [5.74, 6) is -6.49. The maximum absolute atomic E-state index is 15.7. The maximum Gasteiger partial charge on any atom is 0.420 e. The molecule has 0 saturated carbocycles. The lowest BCUT2D eigenvalue weighted by Gasteiger charge is -2.35. The van der Waals surface area contributed by atoms with Gasteiger partial charge in [-0.05, 0) is 104 Å². The molecule has 2 saturated heterocycles. The first-order valence-corrected chi connectivity index (χ1v) is 24.8. The summed E-state index contributed by atoms with van der Waals surface area (Å²) >= 11 is 7.05. The minimum absolute atomic E-state index is 0.0296. The van der Waals surface area contributed by atoms with Crippen molar-refractivity contribution in [1.82, 2.24) is 25.5 Å². The molecule has 5 amide bonds. The number of nitrogens with one attached hydrogen (secondary N) is 3. The topological polar surface area (TPSA) is 201 Å². The molecule has 6 aromatic rings. The van der Waals surface area contributed by atoms with E-state index in [9.17, 15) is 47.5 Å². The van der Waals surface area contributed by atoms with E-state index in [0.717, 1.165) is 46.0 Å². The highest BCUT2D eigenvalue weighted by Gasteiger charge is 2.52. The van der Waals surface area contributed by atoms with E-state index in [0.29, 0.717) is 21.8 Å². The molecule has 4 N–H and O–H groups in total. The minimum Gasteiger partial charge on any atom is -0.391 e. The van der Waals surface area contributed by atoms with Gasteiger partial charge in [-0.25, -0.2) is 13.8 Å². The molecule has 0 aliphatic carbocycles. The van der Waals surface area contributed by atoms with Crippen LogP contribution in [0.4, 0.5) is 39.0 Å². The first-order chi connectivity index (χ1) is 35.8. The molecule has 0 spiro atoms. The Morgan fingerprint density at radius 2 is 1.62 bits per heavy atom. The Bertz CT molecular complexity index is 3340. The quantitative estimate of drug-likeness (QED) is 0.0674. The fourth-order valence-corrected chi connectivity index (χ4v) is 10.3. The molecule has 2 fully saturated rings. The number of thiazole rings is 1. The van der Waals surface area contributed by atoms with Gasteiger partial charge in [-0.3, -0.25) is 33.9 Å². The van der Waals surface area contributed by atoms with Crippen LogP contribution in [0.2, 0.25) is 0 Å². The van der Waals surface area contributed by atoms with E-state index in [1.165, 1.54) is 53.3 Å². The molecule has 3 atom stereocenters. The van der Waals surface area contributed by atoms with E-state index in [1.54, 1.807) is 62.7 Å². The number of hydrogen-bond acceptors (Lipinski definition) is 11. The van der Waals surface area contributed by atoms with Crippen LogP contribution in [0, 0.1) is 35.3 Å². The summed E-state index contributed by atoms with van der Waals surface area (Å²) < 4.78 is 72.7. The van der Waals surface area contributed by atoms with Gasteiger partial charge in [-0.15, -0.1) is 11.3 Å².